The molecule has 2 heterocycles. The van der Waals surface area contributed by atoms with Crippen molar-refractivity contribution in [2.24, 2.45) is 0 Å². The van der Waals surface area contributed by atoms with Gasteiger partial charge in [0, 0.05) is 29.7 Å². The predicted molar refractivity (Wildman–Crippen MR) is 100 cm³/mol. The molecular weight excluding hydrogens is 328 g/mol. The topological polar surface area (TPSA) is 79.8 Å². The van der Waals surface area contributed by atoms with Gasteiger partial charge >= 0.3 is 0 Å². The maximum absolute atomic E-state index is 12.6. The number of aryl methyl sites for hydroxylation is 1. The van der Waals surface area contributed by atoms with Crippen molar-refractivity contribution in [1.82, 2.24) is 19.9 Å². The summed E-state index contributed by atoms with van der Waals surface area (Å²) in [6.07, 6.45) is 1.74. The average molecular weight is 346 g/mol. The molecule has 2 N–H and O–H groups in total. The minimum atomic E-state index is -0.595. The summed E-state index contributed by atoms with van der Waals surface area (Å²) in [6.45, 7) is 2.71. The zero-order valence-corrected chi connectivity index (χ0v) is 14.3. The normalized spacial score (nSPS) is 11.1. The Balaban J connectivity index is 1.46. The van der Waals surface area contributed by atoms with Gasteiger partial charge < -0.3 is 14.9 Å². The van der Waals surface area contributed by atoms with Gasteiger partial charge in [0.2, 0.25) is 0 Å². The molecule has 0 aliphatic heterocycles. The van der Waals surface area contributed by atoms with E-state index in [1.165, 1.54) is 0 Å². The number of amides is 1. The molecule has 2 aromatic heterocycles. The molecular formula is C20H18N4O2. The number of nitrogens with one attached hydrogen (secondary N) is 2. The van der Waals surface area contributed by atoms with Crippen molar-refractivity contribution in [3.8, 4) is 0 Å². The van der Waals surface area contributed by atoms with Crippen molar-refractivity contribution in [2.45, 2.75) is 13.5 Å². The minimum Gasteiger partial charge on any atom is -0.358 e. The molecule has 0 bridgehead atoms. The van der Waals surface area contributed by atoms with Crippen molar-refractivity contribution >= 4 is 33.6 Å². The number of aromatic amines is 1. The Labute approximate surface area is 149 Å². The van der Waals surface area contributed by atoms with Crippen LogP contribution < -0.4 is 5.32 Å². The smallest absolute Gasteiger partial charge is 0.292 e. The second-order valence-electron chi connectivity index (χ2n) is 6.18. The monoisotopic (exact) mass is 346 g/mol. The second kappa shape index (κ2) is 6.48. The number of carbonyl (C=O) groups excluding carboxylic acids is 2. The highest BCUT2D eigenvalue weighted by atomic mass is 16.2. The van der Waals surface area contributed by atoms with Crippen LogP contribution in [0.5, 0.6) is 0 Å². The molecule has 0 saturated heterocycles. The molecule has 0 atom stereocenters. The molecule has 0 aliphatic carbocycles. The molecule has 6 nitrogen and oxygen atoms in total. The van der Waals surface area contributed by atoms with Gasteiger partial charge in [-0.3, -0.25) is 9.59 Å². The van der Waals surface area contributed by atoms with Crippen molar-refractivity contribution in [2.75, 3.05) is 6.54 Å². The number of nitrogens with zero attached hydrogens (tertiary/aromatic N) is 2. The number of benzene rings is 2. The number of Topliss-reactive ketones (excluding diaryl/α,β-unsaturated/α-hetero) is 1. The zero-order valence-electron chi connectivity index (χ0n) is 14.3. The number of H-pyrrole nitrogens is 1. The Morgan fingerprint density at radius 2 is 1.88 bits per heavy atom. The number of hydrogen-bond acceptors (Lipinski definition) is 3. The molecule has 0 spiro atoms. The number of rotatable bonds is 5. The Kier molecular flexibility index (Phi) is 4.01. The Hall–Kier alpha value is -3.41. The number of carbonyl (C=O) groups is 2. The van der Waals surface area contributed by atoms with Gasteiger partial charge in [0.15, 0.2) is 0 Å². The van der Waals surface area contributed by atoms with Gasteiger partial charge in [-0.25, -0.2) is 4.98 Å². The Bertz CT molecular complexity index is 1120. The lowest BCUT2D eigenvalue weighted by molar-refractivity contribution is -0.117. The van der Waals surface area contributed by atoms with Crippen LogP contribution >= 0.6 is 0 Å². The number of hydrogen-bond donors (Lipinski definition) is 2. The number of imidazole rings is 1. The van der Waals surface area contributed by atoms with Crippen molar-refractivity contribution < 1.29 is 9.59 Å². The highest BCUT2D eigenvalue weighted by molar-refractivity contribution is 6.45. The van der Waals surface area contributed by atoms with Crippen LogP contribution in [0.2, 0.25) is 0 Å². The van der Waals surface area contributed by atoms with Crippen LogP contribution in [-0.4, -0.2) is 32.8 Å². The largest absolute Gasteiger partial charge is 0.358 e. The molecule has 6 heteroatoms. The molecule has 0 fully saturated rings. The fourth-order valence-electron chi connectivity index (χ4n) is 3.24. The van der Waals surface area contributed by atoms with Crippen LogP contribution in [0.1, 0.15) is 16.1 Å². The van der Waals surface area contributed by atoms with Gasteiger partial charge in [-0.1, -0.05) is 30.3 Å². The number of fused-ring (bicyclic) bond motifs is 2. The van der Waals surface area contributed by atoms with E-state index in [9.17, 15) is 9.59 Å². The maximum atomic E-state index is 12.6. The molecule has 4 rings (SSSR count). The van der Waals surface area contributed by atoms with Gasteiger partial charge in [0.05, 0.1) is 22.9 Å². The Morgan fingerprint density at radius 3 is 2.77 bits per heavy atom. The lowest BCUT2D eigenvalue weighted by Crippen LogP contribution is -2.33. The van der Waals surface area contributed by atoms with Gasteiger partial charge in [-0.05, 0) is 25.1 Å². The summed E-state index contributed by atoms with van der Waals surface area (Å²) in [6, 6.07) is 15.3. The highest BCUT2D eigenvalue weighted by Crippen LogP contribution is 2.22. The van der Waals surface area contributed by atoms with Crippen LogP contribution in [0.3, 0.4) is 0 Å². The second-order valence-corrected chi connectivity index (χ2v) is 6.18. The third kappa shape index (κ3) is 2.75. The number of aromatic nitrogens is 3. The van der Waals surface area contributed by atoms with E-state index in [0.717, 1.165) is 21.9 Å². The van der Waals surface area contributed by atoms with E-state index in [0.29, 0.717) is 24.3 Å². The standard InChI is InChI=1S/C20H18N4O2/c1-13-18(14-6-2-3-7-15(14)23-13)19(25)20(26)21-10-11-24-12-22-16-8-4-5-9-17(16)24/h2-9,12,23H,10-11H2,1H3,(H,21,26). The highest BCUT2D eigenvalue weighted by Gasteiger charge is 2.22. The van der Waals surface area contributed by atoms with E-state index in [1.54, 1.807) is 13.3 Å². The van der Waals surface area contributed by atoms with Crippen molar-refractivity contribution in [1.29, 1.82) is 0 Å². The first-order valence-electron chi connectivity index (χ1n) is 8.45. The van der Waals surface area contributed by atoms with E-state index in [2.05, 4.69) is 15.3 Å². The van der Waals surface area contributed by atoms with Crippen LogP contribution in [0.4, 0.5) is 0 Å². The fourth-order valence-corrected chi connectivity index (χ4v) is 3.24. The summed E-state index contributed by atoms with van der Waals surface area (Å²) in [7, 11) is 0. The molecule has 0 unspecified atom stereocenters. The first-order valence-corrected chi connectivity index (χ1v) is 8.45. The molecule has 130 valence electrons. The van der Waals surface area contributed by atoms with E-state index >= 15 is 0 Å². The van der Waals surface area contributed by atoms with Crippen LogP contribution in [0.15, 0.2) is 54.9 Å². The molecule has 26 heavy (non-hydrogen) atoms. The molecule has 0 saturated carbocycles. The van der Waals surface area contributed by atoms with Gasteiger partial charge in [-0.2, -0.15) is 0 Å². The first kappa shape index (κ1) is 16.1. The van der Waals surface area contributed by atoms with E-state index < -0.39 is 11.7 Å². The fraction of sp³-hybridized carbons (Fsp3) is 0.150. The Morgan fingerprint density at radius 1 is 1.12 bits per heavy atom. The lowest BCUT2D eigenvalue weighted by Gasteiger charge is -2.07. The number of ketones is 1. The maximum Gasteiger partial charge on any atom is 0.292 e. The molecule has 0 radical (unpaired) electrons. The third-order valence-electron chi connectivity index (χ3n) is 4.49. The van der Waals surface area contributed by atoms with Crippen LogP contribution in [0, 0.1) is 6.92 Å². The zero-order chi connectivity index (χ0) is 18.1. The van der Waals surface area contributed by atoms with Gasteiger partial charge in [0.1, 0.15) is 0 Å². The quantitative estimate of drug-likeness (QED) is 0.431. The third-order valence-corrected chi connectivity index (χ3v) is 4.49. The summed E-state index contributed by atoms with van der Waals surface area (Å²) in [5, 5.41) is 3.48. The van der Waals surface area contributed by atoms with Crippen LogP contribution in [-0.2, 0) is 11.3 Å². The average Bonchev–Trinajstić information content (AvgIpc) is 3.21. The van der Waals surface area contributed by atoms with Gasteiger partial charge in [-0.15, -0.1) is 0 Å². The summed E-state index contributed by atoms with van der Waals surface area (Å²) in [4.78, 5) is 32.4. The molecule has 1 amide bonds. The molecule has 4 aromatic rings. The summed E-state index contributed by atoms with van der Waals surface area (Å²) in [5.41, 5.74) is 3.90. The lowest BCUT2D eigenvalue weighted by atomic mass is 10.1. The first-order chi connectivity index (χ1) is 12.6. The molecule has 2 aromatic carbocycles. The van der Waals surface area contributed by atoms with Crippen molar-refractivity contribution in [3.63, 3.8) is 0 Å². The van der Waals surface area contributed by atoms with E-state index in [1.807, 2.05) is 53.1 Å². The summed E-state index contributed by atoms with van der Waals surface area (Å²) in [5.74, 6) is -1.11. The summed E-state index contributed by atoms with van der Waals surface area (Å²) < 4.78 is 1.96. The molecule has 0 aliphatic rings. The van der Waals surface area contributed by atoms with E-state index in [-0.39, 0.29) is 0 Å². The van der Waals surface area contributed by atoms with Crippen molar-refractivity contribution in [3.05, 3.63) is 66.1 Å². The van der Waals surface area contributed by atoms with Gasteiger partial charge in [0.25, 0.3) is 11.7 Å². The number of para-hydroxylation sites is 3. The van der Waals surface area contributed by atoms with E-state index in [4.69, 9.17) is 0 Å². The summed E-state index contributed by atoms with van der Waals surface area (Å²) >= 11 is 0. The van der Waals surface area contributed by atoms with Crippen LogP contribution in [0.25, 0.3) is 21.9 Å². The predicted octanol–water partition coefficient (Wildman–Crippen LogP) is 2.83. The SMILES string of the molecule is Cc1[nH]c2ccccc2c1C(=O)C(=O)NCCn1cnc2ccccc21. The minimum absolute atomic E-state index is 0.354.